The topological polar surface area (TPSA) is 51.5 Å². The SMILES string of the molecule is O=C(NCC=Cc1ccc2occc2c1)OCc1ccccc1. The molecule has 1 amide bonds. The van der Waals surface area contributed by atoms with Gasteiger partial charge in [0.15, 0.2) is 0 Å². The van der Waals surface area contributed by atoms with Crippen LogP contribution < -0.4 is 5.32 Å². The fourth-order valence-electron chi connectivity index (χ4n) is 2.20. The van der Waals surface area contributed by atoms with Crippen LogP contribution in [0.1, 0.15) is 11.1 Å². The lowest BCUT2D eigenvalue weighted by Gasteiger charge is -2.05. The van der Waals surface area contributed by atoms with Gasteiger partial charge in [0.2, 0.25) is 0 Å². The van der Waals surface area contributed by atoms with Gasteiger partial charge in [-0.25, -0.2) is 4.79 Å². The smallest absolute Gasteiger partial charge is 0.407 e. The number of hydrogen-bond acceptors (Lipinski definition) is 3. The zero-order chi connectivity index (χ0) is 15.9. The Kier molecular flexibility index (Phi) is 4.74. The Balaban J connectivity index is 1.44. The highest BCUT2D eigenvalue weighted by Crippen LogP contribution is 2.17. The zero-order valence-corrected chi connectivity index (χ0v) is 12.6. The number of amides is 1. The molecule has 0 spiro atoms. The molecule has 3 aromatic rings. The van der Waals surface area contributed by atoms with Crippen LogP contribution in [0.15, 0.2) is 71.4 Å². The predicted octanol–water partition coefficient (Wildman–Crippen LogP) is 4.37. The zero-order valence-electron chi connectivity index (χ0n) is 12.6. The van der Waals surface area contributed by atoms with Crippen molar-refractivity contribution >= 4 is 23.1 Å². The molecule has 0 aliphatic rings. The Hall–Kier alpha value is -3.01. The molecular weight excluding hydrogens is 290 g/mol. The highest BCUT2D eigenvalue weighted by molar-refractivity contribution is 5.80. The summed E-state index contributed by atoms with van der Waals surface area (Å²) < 4.78 is 10.4. The maximum absolute atomic E-state index is 11.6. The number of carbonyl (C=O) groups excluding carboxylic acids is 1. The quantitative estimate of drug-likeness (QED) is 0.761. The number of ether oxygens (including phenoxy) is 1. The third kappa shape index (κ3) is 4.23. The van der Waals surface area contributed by atoms with Gasteiger partial charge in [0.25, 0.3) is 0 Å². The molecule has 1 N–H and O–H groups in total. The minimum absolute atomic E-state index is 0.271. The summed E-state index contributed by atoms with van der Waals surface area (Å²) in [6, 6.07) is 17.4. The van der Waals surface area contributed by atoms with E-state index in [9.17, 15) is 4.79 Å². The van der Waals surface area contributed by atoms with Crippen molar-refractivity contribution in [3.63, 3.8) is 0 Å². The molecule has 0 saturated heterocycles. The number of hydrogen-bond donors (Lipinski definition) is 1. The molecule has 23 heavy (non-hydrogen) atoms. The first-order valence-electron chi connectivity index (χ1n) is 7.39. The van der Waals surface area contributed by atoms with E-state index in [4.69, 9.17) is 9.15 Å². The Labute approximate surface area is 134 Å². The lowest BCUT2D eigenvalue weighted by molar-refractivity contribution is 0.141. The first kappa shape index (κ1) is 14.9. The van der Waals surface area contributed by atoms with Crippen molar-refractivity contribution < 1.29 is 13.9 Å². The first-order chi connectivity index (χ1) is 11.3. The Morgan fingerprint density at radius 1 is 1.13 bits per heavy atom. The van der Waals surface area contributed by atoms with Crippen molar-refractivity contribution in [1.29, 1.82) is 0 Å². The molecule has 0 atom stereocenters. The van der Waals surface area contributed by atoms with E-state index in [1.165, 1.54) is 0 Å². The van der Waals surface area contributed by atoms with E-state index >= 15 is 0 Å². The molecule has 3 rings (SSSR count). The molecule has 0 unspecified atom stereocenters. The van der Waals surface area contributed by atoms with Gasteiger partial charge in [-0.15, -0.1) is 0 Å². The van der Waals surface area contributed by atoms with Crippen LogP contribution >= 0.6 is 0 Å². The van der Waals surface area contributed by atoms with E-state index in [2.05, 4.69) is 5.32 Å². The Morgan fingerprint density at radius 2 is 2.00 bits per heavy atom. The standard InChI is InChI=1S/C19H17NO3/c21-19(23-14-16-5-2-1-3-6-16)20-11-4-7-15-8-9-18-17(13-15)10-12-22-18/h1-10,12-13H,11,14H2,(H,20,21). The van der Waals surface area contributed by atoms with Crippen LogP contribution in [-0.4, -0.2) is 12.6 Å². The van der Waals surface area contributed by atoms with Crippen molar-refractivity contribution in [2.24, 2.45) is 0 Å². The summed E-state index contributed by atoms with van der Waals surface area (Å²) >= 11 is 0. The number of benzene rings is 2. The van der Waals surface area contributed by atoms with E-state index in [1.807, 2.05) is 66.7 Å². The number of carbonyl (C=O) groups is 1. The van der Waals surface area contributed by atoms with Crippen LogP contribution in [0.4, 0.5) is 4.79 Å². The number of furan rings is 1. The summed E-state index contributed by atoms with van der Waals surface area (Å²) in [7, 11) is 0. The van der Waals surface area contributed by atoms with E-state index in [-0.39, 0.29) is 6.61 Å². The highest BCUT2D eigenvalue weighted by atomic mass is 16.5. The van der Waals surface area contributed by atoms with Gasteiger partial charge in [0, 0.05) is 11.9 Å². The molecule has 1 aromatic heterocycles. The summed E-state index contributed by atoms with van der Waals surface area (Å²) in [6.45, 7) is 0.685. The molecule has 0 fully saturated rings. The molecule has 116 valence electrons. The molecule has 0 aliphatic heterocycles. The van der Waals surface area contributed by atoms with Gasteiger partial charge in [-0.05, 0) is 29.3 Å². The summed E-state index contributed by atoms with van der Waals surface area (Å²) in [4.78, 5) is 11.6. The average Bonchev–Trinajstić information content (AvgIpc) is 3.05. The first-order valence-corrected chi connectivity index (χ1v) is 7.39. The van der Waals surface area contributed by atoms with E-state index in [1.54, 1.807) is 6.26 Å². The molecule has 4 nitrogen and oxygen atoms in total. The van der Waals surface area contributed by atoms with E-state index < -0.39 is 6.09 Å². The third-order valence-corrected chi connectivity index (χ3v) is 3.36. The molecule has 2 aromatic carbocycles. The van der Waals surface area contributed by atoms with Gasteiger partial charge in [-0.3, -0.25) is 0 Å². The monoisotopic (exact) mass is 307 g/mol. The average molecular weight is 307 g/mol. The molecule has 4 heteroatoms. The molecule has 0 bridgehead atoms. The predicted molar refractivity (Wildman–Crippen MR) is 89.9 cm³/mol. The summed E-state index contributed by atoms with van der Waals surface area (Å²) in [5.74, 6) is 0. The molecule has 0 aliphatic carbocycles. The van der Waals surface area contributed by atoms with Crippen molar-refractivity contribution in [2.75, 3.05) is 6.54 Å². The summed E-state index contributed by atoms with van der Waals surface area (Å²) in [6.07, 6.45) is 5.07. The molecule has 1 heterocycles. The minimum atomic E-state index is -0.427. The van der Waals surface area contributed by atoms with Crippen LogP contribution in [-0.2, 0) is 11.3 Å². The van der Waals surface area contributed by atoms with E-state index in [0.717, 1.165) is 22.1 Å². The molecule has 0 saturated carbocycles. The summed E-state index contributed by atoms with van der Waals surface area (Å²) in [5, 5.41) is 3.75. The Morgan fingerprint density at radius 3 is 2.87 bits per heavy atom. The number of alkyl carbamates (subject to hydrolysis) is 1. The largest absolute Gasteiger partial charge is 0.464 e. The van der Waals surface area contributed by atoms with Crippen molar-refractivity contribution in [2.45, 2.75) is 6.61 Å². The minimum Gasteiger partial charge on any atom is -0.464 e. The van der Waals surface area contributed by atoms with Gasteiger partial charge in [0.1, 0.15) is 12.2 Å². The molecular formula is C19H17NO3. The fourth-order valence-corrected chi connectivity index (χ4v) is 2.20. The number of fused-ring (bicyclic) bond motifs is 1. The van der Waals surface area contributed by atoms with Crippen LogP contribution in [0.2, 0.25) is 0 Å². The second kappa shape index (κ2) is 7.31. The third-order valence-electron chi connectivity index (χ3n) is 3.36. The van der Waals surface area contributed by atoms with Crippen LogP contribution in [0.5, 0.6) is 0 Å². The van der Waals surface area contributed by atoms with Gasteiger partial charge >= 0.3 is 6.09 Å². The summed E-state index contributed by atoms with van der Waals surface area (Å²) in [5.41, 5.74) is 2.88. The van der Waals surface area contributed by atoms with Crippen LogP contribution in [0, 0.1) is 0 Å². The maximum atomic E-state index is 11.6. The fraction of sp³-hybridized carbons (Fsp3) is 0.105. The van der Waals surface area contributed by atoms with Crippen molar-refractivity contribution in [3.8, 4) is 0 Å². The number of rotatable bonds is 5. The normalized spacial score (nSPS) is 11.0. The van der Waals surface area contributed by atoms with Crippen LogP contribution in [0.3, 0.4) is 0 Å². The van der Waals surface area contributed by atoms with Gasteiger partial charge in [-0.1, -0.05) is 48.6 Å². The van der Waals surface area contributed by atoms with Crippen LogP contribution in [0.25, 0.3) is 17.0 Å². The number of nitrogens with one attached hydrogen (secondary N) is 1. The van der Waals surface area contributed by atoms with Crippen molar-refractivity contribution in [3.05, 3.63) is 78.1 Å². The van der Waals surface area contributed by atoms with Gasteiger partial charge in [-0.2, -0.15) is 0 Å². The maximum Gasteiger partial charge on any atom is 0.407 e. The lowest BCUT2D eigenvalue weighted by atomic mass is 10.1. The van der Waals surface area contributed by atoms with Gasteiger partial charge < -0.3 is 14.5 Å². The highest BCUT2D eigenvalue weighted by Gasteiger charge is 2.00. The molecule has 0 radical (unpaired) electrons. The second-order valence-electron chi connectivity index (χ2n) is 5.06. The lowest BCUT2D eigenvalue weighted by Crippen LogP contribution is -2.24. The Bertz CT molecular complexity index is 806. The second-order valence-corrected chi connectivity index (χ2v) is 5.06. The van der Waals surface area contributed by atoms with Crippen molar-refractivity contribution in [1.82, 2.24) is 5.32 Å². The van der Waals surface area contributed by atoms with Gasteiger partial charge in [0.05, 0.1) is 6.26 Å². The van der Waals surface area contributed by atoms with E-state index in [0.29, 0.717) is 6.54 Å².